The van der Waals surface area contributed by atoms with E-state index in [4.69, 9.17) is 0 Å². The lowest BCUT2D eigenvalue weighted by Gasteiger charge is -2.23. The zero-order valence-electron chi connectivity index (χ0n) is 12.0. The summed E-state index contributed by atoms with van der Waals surface area (Å²) in [6, 6.07) is 2.15. The molecule has 0 spiro atoms. The van der Waals surface area contributed by atoms with Crippen molar-refractivity contribution in [3.05, 3.63) is 34.5 Å². The standard InChI is InChI=1S/C14H19N5OS/c1-18(10-13-16-6-8-21-13)14(20)12-4-7-19(17-12)11-3-2-5-15-9-11/h4,6-8,11,15H,2-3,5,9-10H2,1H3/t11-/m1/s1. The molecule has 1 saturated heterocycles. The van der Waals surface area contributed by atoms with Gasteiger partial charge in [-0.3, -0.25) is 9.48 Å². The third-order valence-corrected chi connectivity index (χ3v) is 4.44. The topological polar surface area (TPSA) is 63.1 Å². The van der Waals surface area contributed by atoms with E-state index in [-0.39, 0.29) is 5.91 Å². The Labute approximate surface area is 127 Å². The molecule has 6 nitrogen and oxygen atoms in total. The summed E-state index contributed by atoms with van der Waals surface area (Å²) in [7, 11) is 1.78. The second-order valence-corrected chi connectivity index (χ2v) is 6.25. The molecule has 1 aliphatic heterocycles. The summed E-state index contributed by atoms with van der Waals surface area (Å²) in [5.41, 5.74) is 0.500. The Morgan fingerprint density at radius 2 is 2.52 bits per heavy atom. The molecule has 3 heterocycles. The first-order valence-corrected chi connectivity index (χ1v) is 8.01. The molecule has 2 aromatic heterocycles. The quantitative estimate of drug-likeness (QED) is 0.930. The third kappa shape index (κ3) is 3.30. The van der Waals surface area contributed by atoms with E-state index in [0.29, 0.717) is 18.3 Å². The van der Waals surface area contributed by atoms with E-state index >= 15 is 0 Å². The molecule has 1 aliphatic rings. The molecule has 112 valence electrons. The first-order chi connectivity index (χ1) is 10.2. The number of piperidine rings is 1. The van der Waals surface area contributed by atoms with Crippen molar-refractivity contribution >= 4 is 17.2 Å². The molecule has 1 amide bonds. The van der Waals surface area contributed by atoms with Gasteiger partial charge in [0.2, 0.25) is 0 Å². The van der Waals surface area contributed by atoms with Crippen LogP contribution in [0, 0.1) is 0 Å². The second kappa shape index (κ2) is 6.36. The first-order valence-electron chi connectivity index (χ1n) is 7.14. The Kier molecular flexibility index (Phi) is 4.31. The van der Waals surface area contributed by atoms with E-state index in [1.807, 2.05) is 16.3 Å². The maximum absolute atomic E-state index is 12.4. The van der Waals surface area contributed by atoms with Crippen LogP contribution in [-0.4, -0.2) is 45.7 Å². The van der Waals surface area contributed by atoms with Gasteiger partial charge in [-0.15, -0.1) is 11.3 Å². The predicted octanol–water partition coefficient (Wildman–Crippen LogP) is 1.54. The number of rotatable bonds is 4. The average molecular weight is 305 g/mol. The van der Waals surface area contributed by atoms with Gasteiger partial charge in [-0.25, -0.2) is 4.98 Å². The minimum atomic E-state index is -0.0623. The Bertz CT molecular complexity index is 588. The summed E-state index contributed by atoms with van der Waals surface area (Å²) in [6.45, 7) is 2.51. The van der Waals surface area contributed by atoms with Crippen LogP contribution in [0.15, 0.2) is 23.8 Å². The van der Waals surface area contributed by atoms with Crippen molar-refractivity contribution in [3.8, 4) is 0 Å². The van der Waals surface area contributed by atoms with E-state index in [2.05, 4.69) is 15.4 Å². The highest BCUT2D eigenvalue weighted by Gasteiger charge is 2.19. The van der Waals surface area contributed by atoms with Gasteiger partial charge in [0.15, 0.2) is 0 Å². The number of aromatic nitrogens is 3. The fourth-order valence-electron chi connectivity index (χ4n) is 2.52. The summed E-state index contributed by atoms with van der Waals surface area (Å²) in [4.78, 5) is 18.2. The van der Waals surface area contributed by atoms with E-state index in [1.54, 1.807) is 35.5 Å². The fraction of sp³-hybridized carbons (Fsp3) is 0.500. The molecule has 3 rings (SSSR count). The van der Waals surface area contributed by atoms with Crippen molar-refractivity contribution in [3.63, 3.8) is 0 Å². The molecule has 2 aromatic rings. The number of hydrogen-bond donors (Lipinski definition) is 1. The predicted molar refractivity (Wildman–Crippen MR) is 81.3 cm³/mol. The molecule has 0 saturated carbocycles. The van der Waals surface area contributed by atoms with Gasteiger partial charge in [0.05, 0.1) is 12.6 Å². The molecule has 0 aliphatic carbocycles. The normalized spacial score (nSPS) is 18.6. The smallest absolute Gasteiger partial charge is 0.274 e. The molecule has 0 aromatic carbocycles. The van der Waals surface area contributed by atoms with Crippen LogP contribution in [0.2, 0.25) is 0 Å². The van der Waals surface area contributed by atoms with Crippen molar-refractivity contribution in [1.29, 1.82) is 0 Å². The van der Waals surface area contributed by atoms with E-state index in [1.165, 1.54) is 0 Å². The van der Waals surface area contributed by atoms with Crippen LogP contribution in [0.25, 0.3) is 0 Å². The maximum atomic E-state index is 12.4. The fourth-order valence-corrected chi connectivity index (χ4v) is 3.18. The van der Waals surface area contributed by atoms with Crippen LogP contribution < -0.4 is 5.32 Å². The van der Waals surface area contributed by atoms with Crippen molar-refractivity contribution in [2.24, 2.45) is 0 Å². The lowest BCUT2D eigenvalue weighted by atomic mass is 10.1. The minimum absolute atomic E-state index is 0.0623. The van der Waals surface area contributed by atoms with Crippen LogP contribution in [0.3, 0.4) is 0 Å². The van der Waals surface area contributed by atoms with Gasteiger partial charge < -0.3 is 10.2 Å². The Morgan fingerprint density at radius 1 is 1.62 bits per heavy atom. The zero-order chi connectivity index (χ0) is 14.7. The van der Waals surface area contributed by atoms with E-state index in [0.717, 1.165) is 30.9 Å². The average Bonchev–Trinajstić information content (AvgIpc) is 3.18. The summed E-state index contributed by atoms with van der Waals surface area (Å²) in [6.07, 6.45) is 5.92. The molecular formula is C14H19N5OS. The highest BCUT2D eigenvalue weighted by molar-refractivity contribution is 7.09. The minimum Gasteiger partial charge on any atom is -0.334 e. The molecule has 1 fully saturated rings. The number of nitrogens with one attached hydrogen (secondary N) is 1. The maximum Gasteiger partial charge on any atom is 0.274 e. The van der Waals surface area contributed by atoms with Crippen molar-refractivity contribution in [2.45, 2.75) is 25.4 Å². The monoisotopic (exact) mass is 305 g/mol. The Morgan fingerprint density at radius 3 is 3.24 bits per heavy atom. The van der Waals surface area contributed by atoms with Gasteiger partial charge in [0, 0.05) is 31.4 Å². The van der Waals surface area contributed by atoms with Crippen LogP contribution in [0.5, 0.6) is 0 Å². The lowest BCUT2D eigenvalue weighted by molar-refractivity contribution is 0.0777. The van der Waals surface area contributed by atoms with E-state index < -0.39 is 0 Å². The number of hydrogen-bond acceptors (Lipinski definition) is 5. The van der Waals surface area contributed by atoms with Gasteiger partial charge in [0.1, 0.15) is 10.7 Å². The second-order valence-electron chi connectivity index (χ2n) is 5.27. The molecule has 0 unspecified atom stereocenters. The molecule has 7 heteroatoms. The highest BCUT2D eigenvalue weighted by atomic mass is 32.1. The zero-order valence-corrected chi connectivity index (χ0v) is 12.8. The Hall–Kier alpha value is -1.73. The summed E-state index contributed by atoms with van der Waals surface area (Å²) >= 11 is 1.55. The van der Waals surface area contributed by atoms with Crippen LogP contribution in [0.4, 0.5) is 0 Å². The van der Waals surface area contributed by atoms with Gasteiger partial charge in [-0.2, -0.15) is 5.10 Å². The van der Waals surface area contributed by atoms with Crippen LogP contribution in [-0.2, 0) is 6.54 Å². The molecule has 1 atom stereocenters. The van der Waals surface area contributed by atoms with Crippen molar-refractivity contribution in [1.82, 2.24) is 25.0 Å². The lowest BCUT2D eigenvalue weighted by Crippen LogP contribution is -2.32. The van der Waals surface area contributed by atoms with Gasteiger partial charge in [-0.05, 0) is 25.5 Å². The summed E-state index contributed by atoms with van der Waals surface area (Å²) in [5.74, 6) is -0.0623. The number of thiazole rings is 1. The number of nitrogens with zero attached hydrogens (tertiary/aromatic N) is 4. The number of carbonyl (C=O) groups excluding carboxylic acids is 1. The summed E-state index contributed by atoms with van der Waals surface area (Å²) < 4.78 is 1.91. The van der Waals surface area contributed by atoms with E-state index in [9.17, 15) is 4.79 Å². The largest absolute Gasteiger partial charge is 0.334 e. The molecule has 0 bridgehead atoms. The van der Waals surface area contributed by atoms with Crippen LogP contribution in [0.1, 0.15) is 34.4 Å². The van der Waals surface area contributed by atoms with Crippen molar-refractivity contribution < 1.29 is 4.79 Å². The van der Waals surface area contributed by atoms with Gasteiger partial charge in [0.25, 0.3) is 5.91 Å². The SMILES string of the molecule is CN(Cc1nccs1)C(=O)c1ccn([C@@H]2CCCNC2)n1. The van der Waals surface area contributed by atoms with Gasteiger partial charge >= 0.3 is 0 Å². The summed E-state index contributed by atoms with van der Waals surface area (Å²) in [5, 5.41) is 10.7. The Balaban J connectivity index is 1.65. The number of carbonyl (C=O) groups is 1. The first kappa shape index (κ1) is 14.2. The van der Waals surface area contributed by atoms with Crippen LogP contribution >= 0.6 is 11.3 Å². The molecule has 1 N–H and O–H groups in total. The molecule has 0 radical (unpaired) electrons. The van der Waals surface area contributed by atoms with Gasteiger partial charge in [-0.1, -0.05) is 0 Å². The highest BCUT2D eigenvalue weighted by Crippen LogP contribution is 2.16. The third-order valence-electron chi connectivity index (χ3n) is 3.68. The van der Waals surface area contributed by atoms with Crippen molar-refractivity contribution in [2.75, 3.05) is 20.1 Å². The molecular weight excluding hydrogens is 286 g/mol. The molecule has 21 heavy (non-hydrogen) atoms. The number of amides is 1.